The number of hydrogen-bond acceptors (Lipinski definition) is 5. The van der Waals surface area contributed by atoms with Gasteiger partial charge in [0.1, 0.15) is 6.10 Å². The van der Waals surface area contributed by atoms with E-state index >= 15 is 0 Å². The van der Waals surface area contributed by atoms with Crippen LogP contribution in [-0.4, -0.2) is 46.9 Å². The van der Waals surface area contributed by atoms with E-state index in [-0.39, 0.29) is 31.3 Å². The van der Waals surface area contributed by atoms with Crippen molar-refractivity contribution < 1.29 is 24.5 Å². The number of rotatable bonds is 38. The Morgan fingerprint density at radius 3 is 1.36 bits per heavy atom. The molecule has 3 atom stereocenters. The molecule has 0 heterocycles. The lowest BCUT2D eigenvalue weighted by Gasteiger charge is -2.23. The van der Waals surface area contributed by atoms with E-state index in [9.17, 15) is 19.8 Å². The van der Waals surface area contributed by atoms with E-state index in [0.29, 0.717) is 19.3 Å². The molecule has 1 amide bonds. The third kappa shape index (κ3) is 39.1. The van der Waals surface area contributed by atoms with Gasteiger partial charge in [-0.25, -0.2) is 0 Å². The molecular weight excluding hydrogens is 719 g/mol. The Hall–Kier alpha value is -3.74. The summed E-state index contributed by atoms with van der Waals surface area (Å²) in [5.41, 5.74) is 0. The molecule has 0 fully saturated rings. The maximum Gasteiger partial charge on any atom is 0.306 e. The molecule has 0 radical (unpaired) electrons. The SMILES string of the molecule is CC/C=C/C/C=C/C/C=C/C/C=C/C/C=C/CCC(=O)OC(/C=C/C/C=C/C/C=C/C/C=C/C/C=C/CC)CC(=O)NC(CO)C(O)CCCCCCCCCCC. The van der Waals surface area contributed by atoms with E-state index in [1.165, 1.54) is 38.5 Å². The third-order valence-corrected chi connectivity index (χ3v) is 9.29. The molecule has 0 spiro atoms. The number of nitrogens with one attached hydrogen (secondary N) is 1. The molecule has 6 nitrogen and oxygen atoms in total. The maximum absolute atomic E-state index is 13.1. The van der Waals surface area contributed by atoms with Crippen LogP contribution in [0.3, 0.4) is 0 Å². The van der Waals surface area contributed by atoms with Crippen molar-refractivity contribution in [3.8, 4) is 0 Å². The first-order valence-corrected chi connectivity index (χ1v) is 22.8. The summed E-state index contributed by atoms with van der Waals surface area (Å²) in [6, 6.07) is -0.762. The Morgan fingerprint density at radius 1 is 0.534 bits per heavy atom. The first-order valence-electron chi connectivity index (χ1n) is 22.8. The summed E-state index contributed by atoms with van der Waals surface area (Å²) < 4.78 is 5.75. The topological polar surface area (TPSA) is 95.9 Å². The van der Waals surface area contributed by atoms with Gasteiger partial charge in [-0.1, -0.05) is 194 Å². The fourth-order valence-corrected chi connectivity index (χ4v) is 5.91. The van der Waals surface area contributed by atoms with E-state index in [1.807, 2.05) is 18.2 Å². The minimum Gasteiger partial charge on any atom is -0.458 e. The van der Waals surface area contributed by atoms with Crippen LogP contribution in [-0.2, 0) is 14.3 Å². The molecule has 326 valence electrons. The number of unbranched alkanes of at least 4 members (excludes halogenated alkanes) is 8. The van der Waals surface area contributed by atoms with Gasteiger partial charge in [-0.3, -0.25) is 9.59 Å². The van der Waals surface area contributed by atoms with Crippen molar-refractivity contribution in [3.63, 3.8) is 0 Å². The fraction of sp³-hybridized carbons (Fsp3) is 0.577. The number of allylic oxidation sites excluding steroid dienone is 19. The van der Waals surface area contributed by atoms with Gasteiger partial charge >= 0.3 is 5.97 Å². The predicted molar refractivity (Wildman–Crippen MR) is 250 cm³/mol. The minimum atomic E-state index is -0.836. The van der Waals surface area contributed by atoms with Crippen LogP contribution in [0.4, 0.5) is 0 Å². The van der Waals surface area contributed by atoms with Crippen molar-refractivity contribution in [2.24, 2.45) is 0 Å². The molecule has 6 heteroatoms. The van der Waals surface area contributed by atoms with Gasteiger partial charge in [0.05, 0.1) is 25.2 Å². The summed E-state index contributed by atoms with van der Waals surface area (Å²) in [7, 11) is 0. The monoisotopic (exact) mass is 802 g/mol. The fourth-order valence-electron chi connectivity index (χ4n) is 5.91. The Bertz CT molecular complexity index is 1260. The van der Waals surface area contributed by atoms with Gasteiger partial charge in [0.2, 0.25) is 5.91 Å². The van der Waals surface area contributed by atoms with Crippen LogP contribution < -0.4 is 5.32 Å². The quantitative estimate of drug-likeness (QED) is 0.0328. The molecule has 0 rings (SSSR count). The molecule has 0 aromatic rings. The van der Waals surface area contributed by atoms with Crippen molar-refractivity contribution >= 4 is 11.9 Å². The molecule has 3 N–H and O–H groups in total. The lowest BCUT2D eigenvalue weighted by atomic mass is 10.0. The van der Waals surface area contributed by atoms with E-state index in [4.69, 9.17) is 4.74 Å². The molecule has 0 aliphatic carbocycles. The number of aliphatic hydroxyl groups is 2. The Balaban J connectivity index is 4.93. The molecule has 0 saturated heterocycles. The highest BCUT2D eigenvalue weighted by Crippen LogP contribution is 2.13. The zero-order valence-corrected chi connectivity index (χ0v) is 36.9. The third-order valence-electron chi connectivity index (χ3n) is 9.29. The average molecular weight is 802 g/mol. The molecule has 0 aromatic carbocycles. The number of ether oxygens (including phenoxy) is 1. The van der Waals surface area contributed by atoms with Gasteiger partial charge in [0, 0.05) is 6.42 Å². The van der Waals surface area contributed by atoms with Crippen LogP contribution >= 0.6 is 0 Å². The second-order valence-corrected chi connectivity index (χ2v) is 14.7. The summed E-state index contributed by atoms with van der Waals surface area (Å²) in [5, 5.41) is 23.5. The van der Waals surface area contributed by atoms with Gasteiger partial charge in [0.15, 0.2) is 0 Å². The number of carbonyl (C=O) groups is 2. The predicted octanol–water partition coefficient (Wildman–Crippen LogP) is 13.3. The van der Waals surface area contributed by atoms with Crippen molar-refractivity contribution in [3.05, 3.63) is 122 Å². The van der Waals surface area contributed by atoms with Gasteiger partial charge < -0.3 is 20.3 Å². The van der Waals surface area contributed by atoms with E-state index in [2.05, 4.69) is 123 Å². The van der Waals surface area contributed by atoms with Crippen LogP contribution in [0.15, 0.2) is 122 Å². The first-order chi connectivity index (χ1) is 28.5. The molecule has 0 aliphatic rings. The molecule has 0 aliphatic heterocycles. The van der Waals surface area contributed by atoms with Gasteiger partial charge in [0.25, 0.3) is 0 Å². The molecule has 3 unspecified atom stereocenters. The first kappa shape index (κ1) is 54.3. The Morgan fingerprint density at radius 2 is 0.931 bits per heavy atom. The minimum absolute atomic E-state index is 0.0840. The lowest BCUT2D eigenvalue weighted by Crippen LogP contribution is -2.46. The molecule has 0 bridgehead atoms. The number of carbonyl (C=O) groups excluding carboxylic acids is 2. The van der Waals surface area contributed by atoms with Crippen LogP contribution in [0.1, 0.15) is 168 Å². The second-order valence-electron chi connectivity index (χ2n) is 14.7. The summed E-state index contributed by atoms with van der Waals surface area (Å²) in [6.07, 6.45) is 61.6. The molecule has 0 aromatic heterocycles. The highest BCUT2D eigenvalue weighted by molar-refractivity contribution is 5.78. The van der Waals surface area contributed by atoms with E-state index in [0.717, 1.165) is 77.0 Å². The number of esters is 1. The molecule has 58 heavy (non-hydrogen) atoms. The van der Waals surface area contributed by atoms with Crippen molar-refractivity contribution in [2.75, 3.05) is 6.61 Å². The van der Waals surface area contributed by atoms with Crippen molar-refractivity contribution in [1.82, 2.24) is 5.32 Å². The molecule has 0 saturated carbocycles. The number of hydrogen-bond donors (Lipinski definition) is 3. The van der Waals surface area contributed by atoms with Crippen molar-refractivity contribution in [2.45, 2.75) is 187 Å². The summed E-state index contributed by atoms with van der Waals surface area (Å²) in [6.45, 7) is 6.14. The molecular formula is C52H83NO5. The van der Waals surface area contributed by atoms with Gasteiger partial charge in [-0.05, 0) is 83.1 Å². The van der Waals surface area contributed by atoms with Crippen LogP contribution in [0.2, 0.25) is 0 Å². The Kier molecular flexibility index (Phi) is 41.5. The summed E-state index contributed by atoms with van der Waals surface area (Å²) >= 11 is 0. The van der Waals surface area contributed by atoms with Gasteiger partial charge in [-0.15, -0.1) is 0 Å². The zero-order chi connectivity index (χ0) is 42.4. The second kappa shape index (κ2) is 44.4. The number of aliphatic hydroxyl groups excluding tert-OH is 2. The number of amides is 1. The van der Waals surface area contributed by atoms with Crippen LogP contribution in [0.25, 0.3) is 0 Å². The van der Waals surface area contributed by atoms with Crippen LogP contribution in [0.5, 0.6) is 0 Å². The smallest absolute Gasteiger partial charge is 0.306 e. The van der Waals surface area contributed by atoms with E-state index < -0.39 is 18.2 Å². The zero-order valence-electron chi connectivity index (χ0n) is 36.9. The maximum atomic E-state index is 13.1. The summed E-state index contributed by atoms with van der Waals surface area (Å²) in [4.78, 5) is 25.9. The van der Waals surface area contributed by atoms with Gasteiger partial charge in [-0.2, -0.15) is 0 Å². The Labute approximate surface area is 355 Å². The largest absolute Gasteiger partial charge is 0.458 e. The highest BCUT2D eigenvalue weighted by atomic mass is 16.5. The van der Waals surface area contributed by atoms with Crippen LogP contribution in [0, 0.1) is 0 Å². The summed E-state index contributed by atoms with van der Waals surface area (Å²) in [5.74, 6) is -0.745. The highest BCUT2D eigenvalue weighted by Gasteiger charge is 2.23. The average Bonchev–Trinajstić information content (AvgIpc) is 3.22. The van der Waals surface area contributed by atoms with Crippen molar-refractivity contribution in [1.29, 1.82) is 0 Å². The lowest BCUT2D eigenvalue weighted by molar-refractivity contribution is -0.148. The van der Waals surface area contributed by atoms with E-state index in [1.54, 1.807) is 6.08 Å². The standard InChI is InChI=1S/C52H83NO5/c1-4-7-10-13-16-19-21-23-25-26-28-30-33-36-39-42-45-52(57)58-48(43-40-37-34-32-29-27-24-22-20-17-14-11-8-5-2)46-51(56)53-49(47-54)50(55)44-41-38-35-31-18-15-12-9-6-3/h7-8,10-11,16-17,19-20,23-25,27-28,30,32,34,36,39-40,43,48-50,54-55H,4-6,9,12-15,18,21-22,26,29,31,33,35,37-38,41-42,44-47H2,1-3H3,(H,53,56)/b10-7+,11-8+,19-16+,20-17+,25-23+,27-24+,30-28+,34-32+,39-36+,43-40+. The normalized spacial score (nSPS) is 14.5.